The molecule has 0 saturated carbocycles. The van der Waals surface area contributed by atoms with Gasteiger partial charge in [-0.25, -0.2) is 0 Å². The predicted octanol–water partition coefficient (Wildman–Crippen LogP) is 2.38. The van der Waals surface area contributed by atoms with Gasteiger partial charge >= 0.3 is 6.01 Å². The van der Waals surface area contributed by atoms with Gasteiger partial charge in [-0.15, -0.1) is 0 Å². The quantitative estimate of drug-likeness (QED) is 0.833. The van der Waals surface area contributed by atoms with Crippen LogP contribution in [0.1, 0.15) is 26.7 Å². The molecule has 0 fully saturated rings. The fourth-order valence-corrected chi connectivity index (χ4v) is 1.47. The van der Waals surface area contributed by atoms with Crippen molar-refractivity contribution in [3.63, 3.8) is 0 Å². The van der Waals surface area contributed by atoms with Crippen LogP contribution in [-0.2, 0) is 0 Å². The molecule has 0 bridgehead atoms. The van der Waals surface area contributed by atoms with E-state index in [1.54, 1.807) is 0 Å². The van der Waals surface area contributed by atoms with E-state index in [0.29, 0.717) is 11.9 Å². The third kappa shape index (κ3) is 3.81. The Balaban J connectivity index is 2.62. The molecule has 0 aliphatic carbocycles. The van der Waals surface area contributed by atoms with E-state index in [0.717, 1.165) is 19.4 Å². The van der Waals surface area contributed by atoms with E-state index in [1.807, 2.05) is 0 Å². The van der Waals surface area contributed by atoms with Gasteiger partial charge in [0.05, 0.1) is 7.11 Å². The van der Waals surface area contributed by atoms with Crippen LogP contribution < -0.4 is 10.1 Å². The third-order valence-electron chi connectivity index (χ3n) is 2.47. The minimum atomic E-state index is 0.138. The Labute approximate surface area is 101 Å². The lowest BCUT2D eigenvalue weighted by molar-refractivity contribution is 0.378. The van der Waals surface area contributed by atoms with Crippen LogP contribution >= 0.6 is 11.6 Å². The molecule has 16 heavy (non-hydrogen) atoms. The van der Waals surface area contributed by atoms with Crippen molar-refractivity contribution in [2.45, 2.75) is 26.7 Å². The second kappa shape index (κ2) is 6.48. The van der Waals surface area contributed by atoms with Crippen molar-refractivity contribution in [3.05, 3.63) is 5.28 Å². The SMILES string of the molecule is CCC(CC)CNc1nc(Cl)nc(OC)n1. The van der Waals surface area contributed by atoms with Crippen molar-refractivity contribution in [2.24, 2.45) is 5.92 Å². The van der Waals surface area contributed by atoms with Crippen LogP contribution in [-0.4, -0.2) is 28.6 Å². The molecule has 0 saturated heterocycles. The number of aromatic nitrogens is 3. The monoisotopic (exact) mass is 244 g/mol. The highest BCUT2D eigenvalue weighted by Gasteiger charge is 2.07. The lowest BCUT2D eigenvalue weighted by Gasteiger charge is -2.13. The molecule has 1 aromatic heterocycles. The second-order valence-electron chi connectivity index (χ2n) is 3.48. The molecular weight excluding hydrogens is 228 g/mol. The number of nitrogens with one attached hydrogen (secondary N) is 1. The van der Waals surface area contributed by atoms with E-state index in [-0.39, 0.29) is 11.3 Å². The molecule has 0 aliphatic rings. The highest BCUT2D eigenvalue weighted by molar-refractivity contribution is 6.28. The number of anilines is 1. The van der Waals surface area contributed by atoms with Gasteiger partial charge in [0.25, 0.3) is 0 Å². The minimum absolute atomic E-state index is 0.138. The van der Waals surface area contributed by atoms with Crippen molar-refractivity contribution in [1.82, 2.24) is 15.0 Å². The molecule has 0 unspecified atom stereocenters. The zero-order valence-electron chi connectivity index (χ0n) is 9.83. The number of hydrogen-bond donors (Lipinski definition) is 1. The van der Waals surface area contributed by atoms with Crippen molar-refractivity contribution in [3.8, 4) is 6.01 Å². The topological polar surface area (TPSA) is 59.9 Å². The highest BCUT2D eigenvalue weighted by atomic mass is 35.5. The maximum absolute atomic E-state index is 5.73. The third-order valence-corrected chi connectivity index (χ3v) is 2.64. The fourth-order valence-electron chi connectivity index (χ4n) is 1.32. The van der Waals surface area contributed by atoms with Crippen molar-refractivity contribution in [1.29, 1.82) is 0 Å². The van der Waals surface area contributed by atoms with Crippen molar-refractivity contribution < 1.29 is 4.74 Å². The van der Waals surface area contributed by atoms with Gasteiger partial charge in [0.1, 0.15) is 0 Å². The lowest BCUT2D eigenvalue weighted by Crippen LogP contribution is -2.15. The van der Waals surface area contributed by atoms with Gasteiger partial charge in [-0.1, -0.05) is 26.7 Å². The first-order valence-electron chi connectivity index (χ1n) is 5.39. The molecule has 6 heteroatoms. The van der Waals surface area contributed by atoms with Gasteiger partial charge in [0, 0.05) is 6.54 Å². The molecule has 0 aromatic carbocycles. The predicted molar refractivity (Wildman–Crippen MR) is 64.0 cm³/mol. The molecule has 1 N–H and O–H groups in total. The maximum Gasteiger partial charge on any atom is 0.322 e. The molecule has 1 heterocycles. The van der Waals surface area contributed by atoms with Crippen molar-refractivity contribution >= 4 is 17.5 Å². The van der Waals surface area contributed by atoms with Crippen molar-refractivity contribution in [2.75, 3.05) is 19.0 Å². The molecule has 0 amide bonds. The molecule has 0 radical (unpaired) electrons. The second-order valence-corrected chi connectivity index (χ2v) is 3.82. The Morgan fingerprint density at radius 1 is 1.25 bits per heavy atom. The summed E-state index contributed by atoms with van der Waals surface area (Å²) in [6.45, 7) is 5.16. The van der Waals surface area contributed by atoms with Crippen LogP contribution in [0.3, 0.4) is 0 Å². The van der Waals surface area contributed by atoms with Gasteiger partial charge < -0.3 is 10.1 Å². The summed E-state index contributed by atoms with van der Waals surface area (Å²) in [4.78, 5) is 11.8. The average Bonchev–Trinajstić information content (AvgIpc) is 2.29. The normalized spacial score (nSPS) is 10.6. The first kappa shape index (κ1) is 13.0. The molecule has 0 spiro atoms. The van der Waals surface area contributed by atoms with Crippen LogP contribution in [0, 0.1) is 5.92 Å². The van der Waals surface area contributed by atoms with Crippen LogP contribution in [0.4, 0.5) is 5.95 Å². The van der Waals surface area contributed by atoms with Gasteiger partial charge in [0.2, 0.25) is 11.2 Å². The lowest BCUT2D eigenvalue weighted by atomic mass is 10.0. The molecule has 90 valence electrons. The van der Waals surface area contributed by atoms with Gasteiger partial charge in [-0.3, -0.25) is 0 Å². The van der Waals surface area contributed by atoms with E-state index < -0.39 is 0 Å². The van der Waals surface area contributed by atoms with E-state index in [4.69, 9.17) is 16.3 Å². The maximum atomic E-state index is 5.73. The molecule has 0 atom stereocenters. The molecular formula is C10H17ClN4O. The number of nitrogens with zero attached hydrogens (tertiary/aromatic N) is 3. The average molecular weight is 245 g/mol. The Bertz CT molecular complexity index is 331. The highest BCUT2D eigenvalue weighted by Crippen LogP contribution is 2.13. The van der Waals surface area contributed by atoms with E-state index in [9.17, 15) is 0 Å². The summed E-state index contributed by atoms with van der Waals surface area (Å²) in [5.41, 5.74) is 0. The number of methoxy groups -OCH3 is 1. The first-order chi connectivity index (χ1) is 7.69. The fraction of sp³-hybridized carbons (Fsp3) is 0.700. The Morgan fingerprint density at radius 2 is 1.94 bits per heavy atom. The Kier molecular flexibility index (Phi) is 5.25. The molecule has 5 nitrogen and oxygen atoms in total. The summed E-state index contributed by atoms with van der Waals surface area (Å²) in [7, 11) is 1.50. The van der Waals surface area contributed by atoms with Gasteiger partial charge in [0.15, 0.2) is 0 Å². The van der Waals surface area contributed by atoms with Gasteiger partial charge in [-0.05, 0) is 17.5 Å². The minimum Gasteiger partial charge on any atom is -0.467 e. The van der Waals surface area contributed by atoms with Crippen LogP contribution in [0.5, 0.6) is 6.01 Å². The summed E-state index contributed by atoms with van der Waals surface area (Å²) < 4.78 is 4.91. The van der Waals surface area contributed by atoms with Crippen LogP contribution in [0.15, 0.2) is 0 Å². The number of halogens is 1. The largest absolute Gasteiger partial charge is 0.467 e. The Hall–Kier alpha value is -1.10. The summed E-state index contributed by atoms with van der Waals surface area (Å²) in [6, 6.07) is 0.229. The first-order valence-corrected chi connectivity index (χ1v) is 5.76. The zero-order valence-corrected chi connectivity index (χ0v) is 10.6. The van der Waals surface area contributed by atoms with Crippen LogP contribution in [0.25, 0.3) is 0 Å². The summed E-state index contributed by atoms with van der Waals surface area (Å²) in [6.07, 6.45) is 2.25. The van der Waals surface area contributed by atoms with Gasteiger partial charge in [-0.2, -0.15) is 15.0 Å². The summed E-state index contributed by atoms with van der Waals surface area (Å²) >= 11 is 5.73. The van der Waals surface area contributed by atoms with Crippen LogP contribution in [0.2, 0.25) is 5.28 Å². The van der Waals surface area contributed by atoms with E-state index in [1.165, 1.54) is 7.11 Å². The zero-order chi connectivity index (χ0) is 12.0. The standard InChI is InChI=1S/C10H17ClN4O/c1-4-7(5-2)6-12-9-13-8(11)14-10(15-9)16-3/h7H,4-6H2,1-3H3,(H,12,13,14,15). The molecule has 0 aliphatic heterocycles. The number of ether oxygens (including phenoxy) is 1. The Morgan fingerprint density at radius 3 is 2.50 bits per heavy atom. The summed E-state index contributed by atoms with van der Waals surface area (Å²) in [5, 5.41) is 3.27. The number of hydrogen-bond acceptors (Lipinski definition) is 5. The molecule has 1 rings (SSSR count). The number of rotatable bonds is 6. The van der Waals surface area contributed by atoms with E-state index >= 15 is 0 Å². The van der Waals surface area contributed by atoms with E-state index in [2.05, 4.69) is 34.1 Å². The smallest absolute Gasteiger partial charge is 0.322 e. The summed E-state index contributed by atoms with van der Waals surface area (Å²) in [5.74, 6) is 1.07. The molecule has 1 aromatic rings.